The third-order valence-corrected chi connectivity index (χ3v) is 4.34. The average molecular weight is 391 g/mol. The lowest BCUT2D eigenvalue weighted by Gasteiger charge is -2.25. The Balaban J connectivity index is 2.86. The van der Waals surface area contributed by atoms with Gasteiger partial charge in [0.2, 0.25) is 11.8 Å². The summed E-state index contributed by atoms with van der Waals surface area (Å²) >= 11 is 11.8. The molecule has 7 heteroatoms. The molecule has 0 spiro atoms. The topological polar surface area (TPSA) is 58.2 Å². The molecule has 0 saturated heterocycles. The molecular weight excluding hydrogens is 366 g/mol. The van der Waals surface area contributed by atoms with Gasteiger partial charge in [-0.25, -0.2) is 4.39 Å². The Hall–Kier alpha value is -1.33. The van der Waals surface area contributed by atoms with Crippen LogP contribution >= 0.6 is 23.2 Å². The minimum atomic E-state index is -0.676. The molecule has 2 amide bonds. The van der Waals surface area contributed by atoms with Gasteiger partial charge in [0, 0.05) is 11.4 Å². The summed E-state index contributed by atoms with van der Waals surface area (Å²) in [5, 5.41) is 5.73. The zero-order valence-electron chi connectivity index (χ0n) is 15.1. The SMILES string of the molecule is CC(C)CC(=O)NC(C(=O)NC(C)c1cc(F)c(Cl)cc1Cl)C(C)C. The molecule has 25 heavy (non-hydrogen) atoms. The van der Waals surface area contributed by atoms with Crippen LogP contribution in [-0.4, -0.2) is 17.9 Å². The molecule has 2 N–H and O–H groups in total. The standard InChI is InChI=1S/C18H25Cl2FN2O2/c1-9(2)6-16(24)23-17(10(3)4)18(25)22-11(5)12-7-15(21)14(20)8-13(12)19/h7-11,17H,6H2,1-5H3,(H,22,25)(H,23,24). The van der Waals surface area contributed by atoms with E-state index in [-0.39, 0.29) is 33.7 Å². The molecule has 1 aromatic carbocycles. The van der Waals surface area contributed by atoms with E-state index in [2.05, 4.69) is 10.6 Å². The molecule has 2 atom stereocenters. The van der Waals surface area contributed by atoms with Gasteiger partial charge in [-0.3, -0.25) is 9.59 Å². The van der Waals surface area contributed by atoms with Crippen LogP contribution in [0.15, 0.2) is 12.1 Å². The number of carbonyl (C=O) groups is 2. The van der Waals surface area contributed by atoms with Crippen molar-refractivity contribution in [2.24, 2.45) is 11.8 Å². The zero-order chi connectivity index (χ0) is 19.3. The number of hydrogen-bond donors (Lipinski definition) is 2. The van der Waals surface area contributed by atoms with Crippen LogP contribution in [0.1, 0.15) is 52.6 Å². The molecule has 0 bridgehead atoms. The molecule has 1 aromatic rings. The molecule has 0 saturated carbocycles. The lowest BCUT2D eigenvalue weighted by molar-refractivity contribution is -0.130. The van der Waals surface area contributed by atoms with Crippen LogP contribution in [-0.2, 0) is 9.59 Å². The molecule has 2 unspecified atom stereocenters. The maximum atomic E-state index is 13.7. The first kappa shape index (κ1) is 21.7. The number of amides is 2. The summed E-state index contributed by atoms with van der Waals surface area (Å²) in [5.74, 6) is -1.02. The normalized spacial score (nSPS) is 13.7. The van der Waals surface area contributed by atoms with Crippen LogP contribution in [0.2, 0.25) is 10.0 Å². The summed E-state index contributed by atoms with van der Waals surface area (Å²) in [5.41, 5.74) is 0.424. The summed E-state index contributed by atoms with van der Waals surface area (Å²) in [6, 6.07) is 1.30. The van der Waals surface area contributed by atoms with E-state index in [1.807, 2.05) is 27.7 Å². The molecule has 0 aliphatic heterocycles. The molecule has 0 heterocycles. The Morgan fingerprint density at radius 2 is 1.64 bits per heavy atom. The highest BCUT2D eigenvalue weighted by Crippen LogP contribution is 2.28. The predicted molar refractivity (Wildman–Crippen MR) is 99.2 cm³/mol. The van der Waals surface area contributed by atoms with Crippen LogP contribution in [0.4, 0.5) is 4.39 Å². The highest BCUT2D eigenvalue weighted by molar-refractivity contribution is 6.35. The van der Waals surface area contributed by atoms with Gasteiger partial charge < -0.3 is 10.6 Å². The highest BCUT2D eigenvalue weighted by atomic mass is 35.5. The minimum absolute atomic E-state index is 0.0757. The van der Waals surface area contributed by atoms with Gasteiger partial charge in [-0.15, -0.1) is 0 Å². The Morgan fingerprint density at radius 3 is 2.16 bits per heavy atom. The first-order valence-electron chi connectivity index (χ1n) is 8.27. The number of carbonyl (C=O) groups excluding carboxylic acids is 2. The molecular formula is C18H25Cl2FN2O2. The zero-order valence-corrected chi connectivity index (χ0v) is 16.6. The van der Waals surface area contributed by atoms with Crippen molar-refractivity contribution >= 4 is 35.0 Å². The van der Waals surface area contributed by atoms with Crippen molar-refractivity contribution in [3.63, 3.8) is 0 Å². The van der Waals surface area contributed by atoms with Crippen LogP contribution in [0, 0.1) is 17.7 Å². The van der Waals surface area contributed by atoms with Gasteiger partial charge in [0.25, 0.3) is 0 Å². The number of halogens is 3. The van der Waals surface area contributed by atoms with Crippen molar-refractivity contribution in [3.8, 4) is 0 Å². The lowest BCUT2D eigenvalue weighted by Crippen LogP contribution is -2.50. The second-order valence-electron chi connectivity index (χ2n) is 6.91. The van der Waals surface area contributed by atoms with Crippen LogP contribution < -0.4 is 10.6 Å². The monoisotopic (exact) mass is 390 g/mol. The highest BCUT2D eigenvalue weighted by Gasteiger charge is 2.26. The second-order valence-corrected chi connectivity index (χ2v) is 7.72. The predicted octanol–water partition coefficient (Wildman–Crippen LogP) is 4.50. The smallest absolute Gasteiger partial charge is 0.243 e. The maximum absolute atomic E-state index is 13.7. The number of benzene rings is 1. The minimum Gasteiger partial charge on any atom is -0.348 e. The first-order valence-corrected chi connectivity index (χ1v) is 9.02. The van der Waals surface area contributed by atoms with Gasteiger partial charge in [0.15, 0.2) is 0 Å². The summed E-state index contributed by atoms with van der Waals surface area (Å²) in [6.45, 7) is 9.26. The van der Waals surface area contributed by atoms with Crippen molar-refractivity contribution in [2.75, 3.05) is 0 Å². The Kier molecular flexibility index (Phi) is 8.16. The third-order valence-electron chi connectivity index (χ3n) is 3.72. The van der Waals surface area contributed by atoms with E-state index in [1.54, 1.807) is 6.92 Å². The van der Waals surface area contributed by atoms with Gasteiger partial charge in [-0.2, -0.15) is 0 Å². The Morgan fingerprint density at radius 1 is 1.04 bits per heavy atom. The van der Waals surface area contributed by atoms with E-state index in [0.29, 0.717) is 12.0 Å². The molecule has 0 radical (unpaired) electrons. The number of rotatable bonds is 7. The van der Waals surface area contributed by atoms with E-state index in [4.69, 9.17) is 23.2 Å². The molecule has 0 aliphatic rings. The fourth-order valence-corrected chi connectivity index (χ4v) is 2.94. The van der Waals surface area contributed by atoms with E-state index < -0.39 is 17.9 Å². The van der Waals surface area contributed by atoms with Crippen LogP contribution in [0.5, 0.6) is 0 Å². The van der Waals surface area contributed by atoms with E-state index in [0.717, 1.165) is 0 Å². The number of nitrogens with one attached hydrogen (secondary N) is 2. The van der Waals surface area contributed by atoms with E-state index >= 15 is 0 Å². The van der Waals surface area contributed by atoms with Gasteiger partial charge in [-0.1, -0.05) is 50.9 Å². The molecule has 4 nitrogen and oxygen atoms in total. The molecule has 0 aromatic heterocycles. The number of hydrogen-bond acceptors (Lipinski definition) is 2. The fraction of sp³-hybridized carbons (Fsp3) is 0.556. The van der Waals surface area contributed by atoms with Gasteiger partial charge >= 0.3 is 0 Å². The largest absolute Gasteiger partial charge is 0.348 e. The summed E-state index contributed by atoms with van der Waals surface area (Å²) in [7, 11) is 0. The fourth-order valence-electron chi connectivity index (χ4n) is 2.39. The quantitative estimate of drug-likeness (QED) is 0.673. The Bertz CT molecular complexity index is 636. The average Bonchev–Trinajstić information content (AvgIpc) is 2.47. The third kappa shape index (κ3) is 6.48. The maximum Gasteiger partial charge on any atom is 0.243 e. The van der Waals surface area contributed by atoms with E-state index in [1.165, 1.54) is 12.1 Å². The summed E-state index contributed by atoms with van der Waals surface area (Å²) in [4.78, 5) is 24.6. The van der Waals surface area contributed by atoms with Crippen molar-refractivity contribution in [1.82, 2.24) is 10.6 Å². The van der Waals surface area contributed by atoms with Crippen LogP contribution in [0.3, 0.4) is 0 Å². The molecule has 1 rings (SSSR count). The van der Waals surface area contributed by atoms with Gasteiger partial charge in [-0.05, 0) is 36.5 Å². The van der Waals surface area contributed by atoms with E-state index in [9.17, 15) is 14.0 Å². The summed E-state index contributed by atoms with van der Waals surface area (Å²) < 4.78 is 13.7. The second kappa shape index (κ2) is 9.39. The van der Waals surface area contributed by atoms with Gasteiger partial charge in [0.05, 0.1) is 11.1 Å². The van der Waals surface area contributed by atoms with Crippen molar-refractivity contribution in [3.05, 3.63) is 33.6 Å². The first-order chi connectivity index (χ1) is 11.5. The Labute approximate surface area is 158 Å². The lowest BCUT2D eigenvalue weighted by atomic mass is 10.0. The molecule has 0 aliphatic carbocycles. The molecule has 0 fully saturated rings. The van der Waals surface area contributed by atoms with Crippen molar-refractivity contribution < 1.29 is 14.0 Å². The van der Waals surface area contributed by atoms with Gasteiger partial charge in [0.1, 0.15) is 11.9 Å². The van der Waals surface area contributed by atoms with Crippen molar-refractivity contribution in [1.29, 1.82) is 0 Å². The van der Waals surface area contributed by atoms with Crippen LogP contribution in [0.25, 0.3) is 0 Å². The molecule has 140 valence electrons. The summed E-state index contributed by atoms with van der Waals surface area (Å²) in [6.07, 6.45) is 0.347. The van der Waals surface area contributed by atoms with Crippen molar-refractivity contribution in [2.45, 2.75) is 53.1 Å².